The van der Waals surface area contributed by atoms with Crippen molar-refractivity contribution in [2.24, 2.45) is 5.92 Å². The predicted octanol–water partition coefficient (Wildman–Crippen LogP) is 4.32. The normalized spacial score (nSPS) is 15.8. The van der Waals surface area contributed by atoms with E-state index < -0.39 is 0 Å². The van der Waals surface area contributed by atoms with E-state index in [0.717, 1.165) is 36.5 Å². The van der Waals surface area contributed by atoms with E-state index in [1.807, 2.05) is 30.3 Å². The predicted molar refractivity (Wildman–Crippen MR) is 125 cm³/mol. The van der Waals surface area contributed by atoms with Crippen LogP contribution in [0.1, 0.15) is 18.4 Å². The molecule has 1 aliphatic heterocycles. The first-order valence-corrected chi connectivity index (χ1v) is 10.8. The number of benzene rings is 2. The lowest BCUT2D eigenvalue weighted by Crippen LogP contribution is -2.41. The monoisotopic (exact) mass is 432 g/mol. The van der Waals surface area contributed by atoms with E-state index in [2.05, 4.69) is 39.5 Å². The second-order valence-corrected chi connectivity index (χ2v) is 7.94. The smallest absolute Gasteiger partial charge is 0.229 e. The summed E-state index contributed by atoms with van der Waals surface area (Å²) in [5, 5.41) is 11.9. The molecule has 0 unspecified atom stereocenters. The second-order valence-electron chi connectivity index (χ2n) is 7.94. The molecule has 3 aromatic rings. The Morgan fingerprint density at radius 2 is 1.84 bits per heavy atom. The Labute approximate surface area is 188 Å². The molecule has 7 heteroatoms. The number of nitrogens with one attached hydrogen (secondary N) is 1. The van der Waals surface area contributed by atoms with Gasteiger partial charge in [-0.25, -0.2) is 0 Å². The molecule has 1 fully saturated rings. The van der Waals surface area contributed by atoms with Gasteiger partial charge in [0.05, 0.1) is 25.8 Å². The molecule has 166 valence electrons. The van der Waals surface area contributed by atoms with Crippen LogP contribution in [-0.2, 0) is 4.79 Å². The summed E-state index contributed by atoms with van der Waals surface area (Å²) >= 11 is 0. The van der Waals surface area contributed by atoms with Gasteiger partial charge in [0.1, 0.15) is 0 Å². The summed E-state index contributed by atoms with van der Waals surface area (Å²) < 4.78 is 10.6. The third-order valence-electron chi connectivity index (χ3n) is 5.84. The van der Waals surface area contributed by atoms with Gasteiger partial charge < -0.3 is 19.7 Å². The topological polar surface area (TPSA) is 76.6 Å². The van der Waals surface area contributed by atoms with E-state index in [9.17, 15) is 4.79 Å². The number of carbonyl (C=O) groups excluding carboxylic acids is 1. The summed E-state index contributed by atoms with van der Waals surface area (Å²) in [6.45, 7) is 3.53. The maximum absolute atomic E-state index is 12.9. The third kappa shape index (κ3) is 4.66. The van der Waals surface area contributed by atoms with Crippen LogP contribution in [0.4, 0.5) is 11.5 Å². The highest BCUT2D eigenvalue weighted by Crippen LogP contribution is 2.31. The lowest BCUT2D eigenvalue weighted by Gasteiger charge is -2.32. The van der Waals surface area contributed by atoms with Gasteiger partial charge >= 0.3 is 0 Å². The van der Waals surface area contributed by atoms with Crippen molar-refractivity contribution in [3.63, 3.8) is 0 Å². The Bertz CT molecular complexity index is 1080. The maximum Gasteiger partial charge on any atom is 0.229 e. The molecule has 1 aliphatic rings. The number of aryl methyl sites for hydroxylation is 1. The van der Waals surface area contributed by atoms with Gasteiger partial charge in [0.15, 0.2) is 17.3 Å². The van der Waals surface area contributed by atoms with Crippen molar-refractivity contribution in [2.45, 2.75) is 19.8 Å². The average molecular weight is 433 g/mol. The van der Waals surface area contributed by atoms with Crippen molar-refractivity contribution in [1.82, 2.24) is 10.2 Å². The van der Waals surface area contributed by atoms with Crippen LogP contribution in [0.25, 0.3) is 11.3 Å². The van der Waals surface area contributed by atoms with Gasteiger partial charge in [0.2, 0.25) is 5.91 Å². The van der Waals surface area contributed by atoms with Gasteiger partial charge in [-0.05, 0) is 49.6 Å². The van der Waals surface area contributed by atoms with Crippen LogP contribution in [0.3, 0.4) is 0 Å². The fourth-order valence-corrected chi connectivity index (χ4v) is 4.06. The van der Waals surface area contributed by atoms with Gasteiger partial charge in [-0.1, -0.05) is 24.3 Å². The van der Waals surface area contributed by atoms with E-state index in [4.69, 9.17) is 9.47 Å². The number of anilines is 2. The molecular formula is C25H28N4O3. The standard InChI is InChI=1S/C25H28N4O3/c1-17-7-4-5-9-20(17)21-11-13-24(28-27-21)29-14-6-8-18(16-29)25(30)26-19-10-12-22(31-2)23(15-19)32-3/h4-5,7,9-13,15,18H,6,8,14,16H2,1-3H3,(H,26,30)/t18-/m1/s1. The largest absolute Gasteiger partial charge is 0.493 e. The molecule has 4 rings (SSSR count). The van der Waals surface area contributed by atoms with Gasteiger partial charge in [0, 0.05) is 30.4 Å². The fourth-order valence-electron chi connectivity index (χ4n) is 4.06. The molecule has 0 saturated carbocycles. The zero-order valence-electron chi connectivity index (χ0n) is 18.7. The van der Waals surface area contributed by atoms with Crippen LogP contribution >= 0.6 is 0 Å². The first-order chi connectivity index (χ1) is 15.6. The zero-order valence-corrected chi connectivity index (χ0v) is 18.7. The molecule has 2 aromatic carbocycles. The highest BCUT2D eigenvalue weighted by Gasteiger charge is 2.27. The van der Waals surface area contributed by atoms with Crippen molar-refractivity contribution in [3.8, 4) is 22.8 Å². The highest BCUT2D eigenvalue weighted by atomic mass is 16.5. The summed E-state index contributed by atoms with van der Waals surface area (Å²) in [7, 11) is 3.16. The van der Waals surface area contributed by atoms with Crippen LogP contribution in [-0.4, -0.2) is 43.4 Å². The molecule has 0 radical (unpaired) electrons. The number of hydrogen-bond donors (Lipinski definition) is 1. The minimum atomic E-state index is -0.130. The van der Waals surface area contributed by atoms with Crippen molar-refractivity contribution < 1.29 is 14.3 Å². The molecular weight excluding hydrogens is 404 g/mol. The molecule has 1 amide bonds. The zero-order chi connectivity index (χ0) is 22.5. The van der Waals surface area contributed by atoms with Crippen molar-refractivity contribution in [2.75, 3.05) is 37.5 Å². The van der Waals surface area contributed by atoms with Gasteiger partial charge in [0.25, 0.3) is 0 Å². The van der Waals surface area contributed by atoms with Crippen LogP contribution < -0.4 is 19.7 Å². The number of carbonyl (C=O) groups is 1. The first-order valence-electron chi connectivity index (χ1n) is 10.8. The van der Waals surface area contributed by atoms with Crippen molar-refractivity contribution >= 4 is 17.4 Å². The molecule has 0 aliphatic carbocycles. The van der Waals surface area contributed by atoms with E-state index in [-0.39, 0.29) is 11.8 Å². The summed E-state index contributed by atoms with van der Waals surface area (Å²) in [6, 6.07) is 17.5. The summed E-state index contributed by atoms with van der Waals surface area (Å²) in [6.07, 6.45) is 1.76. The molecule has 0 spiro atoms. The minimum absolute atomic E-state index is 0.00795. The second kappa shape index (κ2) is 9.68. The molecule has 0 bridgehead atoms. The fraction of sp³-hybridized carbons (Fsp3) is 0.320. The Hall–Kier alpha value is -3.61. The highest BCUT2D eigenvalue weighted by molar-refractivity contribution is 5.93. The van der Waals surface area contributed by atoms with Gasteiger partial charge in [-0.15, -0.1) is 10.2 Å². The third-order valence-corrected chi connectivity index (χ3v) is 5.84. The Morgan fingerprint density at radius 1 is 1.03 bits per heavy atom. The minimum Gasteiger partial charge on any atom is -0.493 e. The molecule has 2 heterocycles. The quantitative estimate of drug-likeness (QED) is 0.625. The Morgan fingerprint density at radius 3 is 2.56 bits per heavy atom. The average Bonchev–Trinajstić information content (AvgIpc) is 2.84. The lowest BCUT2D eigenvalue weighted by molar-refractivity contribution is -0.120. The van der Waals surface area contributed by atoms with Gasteiger partial charge in [-0.3, -0.25) is 4.79 Å². The number of piperidine rings is 1. The van der Waals surface area contributed by atoms with E-state index >= 15 is 0 Å². The van der Waals surface area contributed by atoms with E-state index in [1.54, 1.807) is 26.4 Å². The van der Waals surface area contributed by atoms with Crippen LogP contribution in [0, 0.1) is 12.8 Å². The van der Waals surface area contributed by atoms with Crippen molar-refractivity contribution in [1.29, 1.82) is 0 Å². The maximum atomic E-state index is 12.9. The Kier molecular flexibility index (Phi) is 6.54. The van der Waals surface area contributed by atoms with Crippen LogP contribution in [0.2, 0.25) is 0 Å². The van der Waals surface area contributed by atoms with Gasteiger partial charge in [-0.2, -0.15) is 0 Å². The van der Waals surface area contributed by atoms with E-state index in [1.165, 1.54) is 5.56 Å². The number of nitrogens with zero attached hydrogens (tertiary/aromatic N) is 3. The molecule has 1 aromatic heterocycles. The first kappa shape index (κ1) is 21.6. The van der Waals surface area contributed by atoms with E-state index in [0.29, 0.717) is 23.7 Å². The number of methoxy groups -OCH3 is 2. The molecule has 1 atom stereocenters. The molecule has 32 heavy (non-hydrogen) atoms. The molecule has 1 N–H and O–H groups in total. The number of rotatable bonds is 6. The number of aromatic nitrogens is 2. The van der Waals surface area contributed by atoms with Crippen LogP contribution in [0.15, 0.2) is 54.6 Å². The summed E-state index contributed by atoms with van der Waals surface area (Å²) in [5.41, 5.74) is 3.79. The lowest BCUT2D eigenvalue weighted by atomic mass is 9.97. The molecule has 7 nitrogen and oxygen atoms in total. The number of hydrogen-bond acceptors (Lipinski definition) is 6. The SMILES string of the molecule is COc1ccc(NC(=O)[C@@H]2CCCN(c3ccc(-c4ccccc4C)nn3)C2)cc1OC. The molecule has 1 saturated heterocycles. The Balaban J connectivity index is 1.43. The number of amides is 1. The van der Waals surface area contributed by atoms with Crippen LogP contribution in [0.5, 0.6) is 11.5 Å². The summed E-state index contributed by atoms with van der Waals surface area (Å²) in [5.74, 6) is 1.87. The number of ether oxygens (including phenoxy) is 2. The summed E-state index contributed by atoms with van der Waals surface area (Å²) in [4.78, 5) is 15.1. The van der Waals surface area contributed by atoms with Crippen molar-refractivity contribution in [3.05, 3.63) is 60.2 Å².